The fraction of sp³-hybridized carbons (Fsp3) is 0.235. The molecule has 136 valence electrons. The minimum absolute atomic E-state index is 0.0430. The van der Waals surface area contributed by atoms with Crippen molar-refractivity contribution in [3.8, 4) is 0 Å². The van der Waals surface area contributed by atoms with Gasteiger partial charge in [-0.05, 0) is 30.7 Å². The zero-order chi connectivity index (χ0) is 18.4. The Morgan fingerprint density at radius 1 is 1.31 bits per heavy atom. The molecule has 2 N–H and O–H groups in total. The second-order valence-corrected chi connectivity index (χ2v) is 8.46. The summed E-state index contributed by atoms with van der Waals surface area (Å²) in [6.07, 6.45) is 1.63. The number of nitrogens with zero attached hydrogens (tertiary/aromatic N) is 2. The second kappa shape index (κ2) is 9.20. The molecule has 0 radical (unpaired) electrons. The Labute approximate surface area is 167 Å². The number of anilines is 1. The van der Waals surface area contributed by atoms with Crippen LogP contribution in [0.1, 0.15) is 24.3 Å². The Bertz CT molecular complexity index is 854. The molecule has 1 atom stereocenters. The van der Waals surface area contributed by atoms with Gasteiger partial charge in [-0.25, -0.2) is 0 Å². The zero-order valence-corrected chi connectivity index (χ0v) is 17.2. The zero-order valence-electron chi connectivity index (χ0n) is 13.9. The lowest BCUT2D eigenvalue weighted by atomic mass is 10.1. The van der Waals surface area contributed by atoms with Crippen LogP contribution in [-0.2, 0) is 11.3 Å². The Balaban J connectivity index is 1.45. The Kier molecular flexibility index (Phi) is 6.70. The topological polar surface area (TPSA) is 80.0 Å². The standard InChI is InChI=1S/C17H17BrN4O2S2/c1-11(13-6-2-3-7-14(13)18)20-15(23)10-25-17-22-21-16(26-17)19-9-12-5-4-8-24-12/h2-8,11H,9-10H2,1H3,(H,19,21)(H,20,23)/t11-/m0/s1. The summed E-state index contributed by atoms with van der Waals surface area (Å²) >= 11 is 6.29. The third-order valence-electron chi connectivity index (χ3n) is 3.48. The van der Waals surface area contributed by atoms with Crippen molar-refractivity contribution >= 4 is 50.1 Å². The number of carbonyl (C=O) groups is 1. The maximum absolute atomic E-state index is 12.2. The highest BCUT2D eigenvalue weighted by Crippen LogP contribution is 2.26. The van der Waals surface area contributed by atoms with E-state index in [4.69, 9.17) is 4.42 Å². The molecule has 0 saturated carbocycles. The number of amides is 1. The van der Waals surface area contributed by atoms with Crippen molar-refractivity contribution in [1.82, 2.24) is 15.5 Å². The van der Waals surface area contributed by atoms with Crippen LogP contribution in [0.2, 0.25) is 0 Å². The summed E-state index contributed by atoms with van der Waals surface area (Å²) in [5, 5.41) is 15.0. The predicted molar refractivity (Wildman–Crippen MR) is 107 cm³/mol. The molecule has 0 spiro atoms. The van der Waals surface area contributed by atoms with Crippen LogP contribution in [-0.4, -0.2) is 21.9 Å². The van der Waals surface area contributed by atoms with E-state index in [2.05, 4.69) is 36.8 Å². The average molecular weight is 453 g/mol. The normalized spacial score (nSPS) is 11.9. The molecule has 0 aliphatic carbocycles. The van der Waals surface area contributed by atoms with Crippen LogP contribution < -0.4 is 10.6 Å². The molecule has 6 nitrogen and oxygen atoms in total. The van der Waals surface area contributed by atoms with Crippen molar-refractivity contribution < 1.29 is 9.21 Å². The number of benzene rings is 1. The molecule has 26 heavy (non-hydrogen) atoms. The number of thioether (sulfide) groups is 1. The van der Waals surface area contributed by atoms with Crippen LogP contribution in [0.4, 0.5) is 5.13 Å². The fourth-order valence-corrected chi connectivity index (χ4v) is 4.42. The first-order valence-electron chi connectivity index (χ1n) is 7.88. The Morgan fingerprint density at radius 3 is 2.92 bits per heavy atom. The Hall–Kier alpha value is -1.84. The molecule has 1 amide bonds. The molecule has 0 aliphatic rings. The van der Waals surface area contributed by atoms with Crippen LogP contribution in [0.5, 0.6) is 0 Å². The highest BCUT2D eigenvalue weighted by atomic mass is 79.9. The third kappa shape index (κ3) is 5.33. The van der Waals surface area contributed by atoms with Gasteiger partial charge in [0.05, 0.1) is 24.6 Å². The van der Waals surface area contributed by atoms with Gasteiger partial charge in [0.25, 0.3) is 0 Å². The van der Waals surface area contributed by atoms with E-state index in [0.29, 0.717) is 17.4 Å². The Morgan fingerprint density at radius 2 is 2.15 bits per heavy atom. The van der Waals surface area contributed by atoms with Crippen molar-refractivity contribution in [2.75, 3.05) is 11.1 Å². The summed E-state index contributed by atoms with van der Waals surface area (Å²) in [4.78, 5) is 12.2. The molecule has 0 fully saturated rings. The van der Waals surface area contributed by atoms with E-state index < -0.39 is 0 Å². The van der Waals surface area contributed by atoms with Gasteiger partial charge in [-0.2, -0.15) is 0 Å². The summed E-state index contributed by atoms with van der Waals surface area (Å²) in [6.45, 7) is 2.51. The van der Waals surface area contributed by atoms with E-state index >= 15 is 0 Å². The molecule has 3 aromatic rings. The van der Waals surface area contributed by atoms with Gasteiger partial charge >= 0.3 is 0 Å². The van der Waals surface area contributed by atoms with Crippen LogP contribution in [0, 0.1) is 0 Å². The smallest absolute Gasteiger partial charge is 0.230 e. The number of hydrogen-bond acceptors (Lipinski definition) is 7. The number of halogens is 1. The van der Waals surface area contributed by atoms with Gasteiger partial charge in [-0.3, -0.25) is 4.79 Å². The van der Waals surface area contributed by atoms with E-state index in [1.807, 2.05) is 43.3 Å². The highest BCUT2D eigenvalue weighted by Gasteiger charge is 2.13. The molecule has 0 aliphatic heterocycles. The first-order chi connectivity index (χ1) is 12.6. The quantitative estimate of drug-likeness (QED) is 0.490. The maximum Gasteiger partial charge on any atom is 0.230 e. The first-order valence-corrected chi connectivity index (χ1v) is 10.5. The number of aromatic nitrogens is 2. The summed E-state index contributed by atoms with van der Waals surface area (Å²) in [5.41, 5.74) is 1.05. The lowest BCUT2D eigenvalue weighted by molar-refractivity contribution is -0.119. The van der Waals surface area contributed by atoms with Crippen LogP contribution >= 0.6 is 39.0 Å². The van der Waals surface area contributed by atoms with Gasteiger partial charge in [0.15, 0.2) is 4.34 Å². The lowest BCUT2D eigenvalue weighted by Gasteiger charge is -2.15. The fourth-order valence-electron chi connectivity index (χ4n) is 2.23. The van der Waals surface area contributed by atoms with Gasteiger partial charge in [-0.1, -0.05) is 57.2 Å². The monoisotopic (exact) mass is 452 g/mol. The second-order valence-electron chi connectivity index (χ2n) is 5.41. The number of hydrogen-bond donors (Lipinski definition) is 2. The summed E-state index contributed by atoms with van der Waals surface area (Å²) in [5.74, 6) is 1.08. The summed E-state index contributed by atoms with van der Waals surface area (Å²) in [7, 11) is 0. The molecular formula is C17H17BrN4O2S2. The van der Waals surface area contributed by atoms with Crippen molar-refractivity contribution in [3.63, 3.8) is 0 Å². The molecule has 3 rings (SSSR count). The van der Waals surface area contributed by atoms with E-state index in [-0.39, 0.29) is 11.9 Å². The predicted octanol–water partition coefficient (Wildman–Crippen LogP) is 4.48. The van der Waals surface area contributed by atoms with Gasteiger partial charge < -0.3 is 15.1 Å². The molecular weight excluding hydrogens is 436 g/mol. The molecule has 9 heteroatoms. The van der Waals surface area contributed by atoms with Crippen molar-refractivity contribution in [1.29, 1.82) is 0 Å². The molecule has 0 saturated heterocycles. The minimum Gasteiger partial charge on any atom is -0.467 e. The van der Waals surface area contributed by atoms with Gasteiger partial charge in [0, 0.05) is 4.47 Å². The maximum atomic E-state index is 12.2. The summed E-state index contributed by atoms with van der Waals surface area (Å²) in [6, 6.07) is 11.5. The molecule has 0 unspecified atom stereocenters. The highest BCUT2D eigenvalue weighted by molar-refractivity contribution is 9.10. The van der Waals surface area contributed by atoms with E-state index in [1.54, 1.807) is 6.26 Å². The summed E-state index contributed by atoms with van der Waals surface area (Å²) < 4.78 is 6.98. The molecule has 0 bridgehead atoms. The van der Waals surface area contributed by atoms with Crippen LogP contribution in [0.3, 0.4) is 0 Å². The van der Waals surface area contributed by atoms with E-state index in [1.165, 1.54) is 23.1 Å². The van der Waals surface area contributed by atoms with Crippen molar-refractivity contribution in [2.45, 2.75) is 23.8 Å². The lowest BCUT2D eigenvalue weighted by Crippen LogP contribution is -2.28. The average Bonchev–Trinajstić information content (AvgIpc) is 3.30. The largest absolute Gasteiger partial charge is 0.467 e. The molecule has 1 aromatic carbocycles. The van der Waals surface area contributed by atoms with Gasteiger partial charge in [-0.15, -0.1) is 10.2 Å². The molecule has 2 aromatic heterocycles. The number of furan rings is 1. The number of nitrogens with one attached hydrogen (secondary N) is 2. The first kappa shape index (κ1) is 18.9. The number of carbonyl (C=O) groups excluding carboxylic acids is 1. The SMILES string of the molecule is C[C@H](NC(=O)CSc1nnc(NCc2ccco2)s1)c1ccccc1Br. The minimum atomic E-state index is -0.0707. The van der Waals surface area contributed by atoms with Crippen molar-refractivity contribution in [2.24, 2.45) is 0 Å². The van der Waals surface area contributed by atoms with Gasteiger partial charge in [0.1, 0.15) is 5.76 Å². The van der Waals surface area contributed by atoms with E-state index in [0.717, 1.165) is 20.1 Å². The van der Waals surface area contributed by atoms with Crippen LogP contribution in [0.15, 0.2) is 55.9 Å². The molecule has 2 heterocycles. The number of rotatable bonds is 8. The third-order valence-corrected chi connectivity index (χ3v) is 6.21. The van der Waals surface area contributed by atoms with Crippen LogP contribution in [0.25, 0.3) is 0 Å². The van der Waals surface area contributed by atoms with Gasteiger partial charge in [0.2, 0.25) is 11.0 Å². The van der Waals surface area contributed by atoms with E-state index in [9.17, 15) is 4.79 Å². The van der Waals surface area contributed by atoms with Crippen molar-refractivity contribution in [3.05, 3.63) is 58.5 Å².